The molecule has 86 valence electrons. The lowest BCUT2D eigenvalue weighted by Gasteiger charge is -2.20. The molecule has 3 rings (SSSR count). The minimum Gasteiger partial charge on any atom is -0.382 e. The summed E-state index contributed by atoms with van der Waals surface area (Å²) < 4.78 is 26.4. The van der Waals surface area contributed by atoms with Crippen LogP contribution >= 0.6 is 0 Å². The van der Waals surface area contributed by atoms with Crippen LogP contribution in [-0.2, 0) is 10.0 Å². The number of sulfonamides is 1. The molecule has 0 spiro atoms. The lowest BCUT2D eigenvalue weighted by molar-refractivity contribution is 0.403. The van der Waals surface area contributed by atoms with Crippen molar-refractivity contribution < 1.29 is 8.42 Å². The first-order valence-corrected chi connectivity index (χ1v) is 6.98. The first-order chi connectivity index (χ1) is 7.69. The van der Waals surface area contributed by atoms with Gasteiger partial charge in [0.05, 0.1) is 5.69 Å². The Morgan fingerprint density at radius 3 is 3.00 bits per heavy atom. The Morgan fingerprint density at radius 1 is 1.31 bits per heavy atom. The number of hydrogen-bond donors (Lipinski definition) is 1. The third-order valence-electron chi connectivity index (χ3n) is 3.32. The molecule has 4 nitrogen and oxygen atoms in total. The first-order valence-electron chi connectivity index (χ1n) is 5.54. The van der Waals surface area contributed by atoms with Crippen LogP contribution in [0.3, 0.4) is 0 Å². The van der Waals surface area contributed by atoms with Crippen LogP contribution in [0.5, 0.6) is 0 Å². The second-order valence-corrected chi connectivity index (χ2v) is 6.15. The predicted molar refractivity (Wildman–Crippen MR) is 61.8 cm³/mol. The summed E-state index contributed by atoms with van der Waals surface area (Å²) in [4.78, 5) is 0.416. The van der Waals surface area contributed by atoms with E-state index in [1.54, 1.807) is 16.4 Å². The van der Waals surface area contributed by atoms with Crippen molar-refractivity contribution in [3.63, 3.8) is 0 Å². The number of nitrogens with zero attached hydrogens (tertiary/aromatic N) is 1. The van der Waals surface area contributed by atoms with E-state index in [1.165, 1.54) is 0 Å². The van der Waals surface area contributed by atoms with Crippen molar-refractivity contribution in [1.29, 1.82) is 0 Å². The highest BCUT2D eigenvalue weighted by Gasteiger charge is 2.38. The molecule has 5 heteroatoms. The molecule has 1 saturated heterocycles. The summed E-state index contributed by atoms with van der Waals surface area (Å²) in [7, 11) is -3.29. The van der Waals surface area contributed by atoms with Crippen molar-refractivity contribution >= 4 is 15.7 Å². The van der Waals surface area contributed by atoms with Crippen LogP contribution < -0.4 is 5.32 Å². The molecule has 0 bridgehead atoms. The summed E-state index contributed by atoms with van der Waals surface area (Å²) in [5.74, 6) is 0. The maximum Gasteiger partial charge on any atom is 0.245 e. The summed E-state index contributed by atoms with van der Waals surface area (Å²) in [6.07, 6.45) is 1.92. The van der Waals surface area contributed by atoms with Crippen molar-refractivity contribution in [3.8, 4) is 0 Å². The Bertz CT molecular complexity index is 512. The Kier molecular flexibility index (Phi) is 2.19. The van der Waals surface area contributed by atoms with Gasteiger partial charge in [0.1, 0.15) is 4.90 Å². The monoisotopic (exact) mass is 238 g/mol. The summed E-state index contributed by atoms with van der Waals surface area (Å²) in [5, 5.41) is 3.23. The van der Waals surface area contributed by atoms with Crippen LogP contribution in [0.15, 0.2) is 29.2 Å². The highest BCUT2D eigenvalue weighted by atomic mass is 32.2. The molecular formula is C11H14N2O2S. The minimum atomic E-state index is -3.29. The number of fused-ring (bicyclic) bond motifs is 2. The summed E-state index contributed by atoms with van der Waals surface area (Å²) >= 11 is 0. The molecule has 0 saturated carbocycles. The molecule has 0 radical (unpaired) electrons. The Balaban J connectivity index is 2.17. The molecular weight excluding hydrogens is 224 g/mol. The smallest absolute Gasteiger partial charge is 0.245 e. The van der Waals surface area contributed by atoms with Crippen LogP contribution in [-0.4, -0.2) is 31.9 Å². The fourth-order valence-electron chi connectivity index (χ4n) is 2.52. The van der Waals surface area contributed by atoms with Crippen LogP contribution in [0.25, 0.3) is 0 Å². The van der Waals surface area contributed by atoms with Gasteiger partial charge in [-0.1, -0.05) is 12.1 Å². The average Bonchev–Trinajstić information content (AvgIpc) is 2.72. The van der Waals surface area contributed by atoms with Crippen LogP contribution in [0.4, 0.5) is 5.69 Å². The third-order valence-corrected chi connectivity index (χ3v) is 5.33. The SMILES string of the molecule is O=S1(=O)c2ccccc2NCC2CCCN21. The zero-order valence-electron chi connectivity index (χ0n) is 8.89. The van der Waals surface area contributed by atoms with Gasteiger partial charge in [-0.3, -0.25) is 0 Å². The van der Waals surface area contributed by atoms with Gasteiger partial charge in [-0.25, -0.2) is 8.42 Å². The molecule has 1 aromatic rings. The second-order valence-electron chi connectivity index (χ2n) is 4.29. The third kappa shape index (κ3) is 1.35. The minimum absolute atomic E-state index is 0.123. The number of rotatable bonds is 0. The molecule has 1 N–H and O–H groups in total. The molecule has 1 atom stereocenters. The summed E-state index contributed by atoms with van der Waals surface area (Å²) in [5.41, 5.74) is 0.733. The lowest BCUT2D eigenvalue weighted by Crippen LogP contribution is -2.36. The van der Waals surface area contributed by atoms with E-state index >= 15 is 0 Å². The van der Waals surface area contributed by atoms with Gasteiger partial charge in [0.25, 0.3) is 0 Å². The normalized spacial score (nSPS) is 27.6. The number of nitrogens with one attached hydrogen (secondary N) is 1. The molecule has 1 unspecified atom stereocenters. The lowest BCUT2D eigenvalue weighted by atomic mass is 10.2. The number of benzene rings is 1. The van der Waals surface area contributed by atoms with E-state index < -0.39 is 10.0 Å². The standard InChI is InChI=1S/C11H14N2O2S/c14-16(15)11-6-2-1-5-10(11)12-8-9-4-3-7-13(9)16/h1-2,5-6,9,12H,3-4,7-8H2. The van der Waals surface area contributed by atoms with Gasteiger partial charge in [-0.05, 0) is 25.0 Å². The first kappa shape index (κ1) is 10.1. The van der Waals surface area contributed by atoms with E-state index in [0.717, 1.165) is 25.1 Å². The van der Waals surface area contributed by atoms with E-state index in [1.807, 2.05) is 12.1 Å². The largest absolute Gasteiger partial charge is 0.382 e. The van der Waals surface area contributed by atoms with Crippen molar-refractivity contribution in [3.05, 3.63) is 24.3 Å². The zero-order chi connectivity index (χ0) is 11.2. The molecule has 2 heterocycles. The van der Waals surface area contributed by atoms with Gasteiger partial charge in [0.15, 0.2) is 0 Å². The summed E-state index contributed by atoms with van der Waals surface area (Å²) in [6.45, 7) is 1.37. The fraction of sp³-hybridized carbons (Fsp3) is 0.455. The average molecular weight is 238 g/mol. The van der Waals surface area contributed by atoms with Crippen molar-refractivity contribution in [2.45, 2.75) is 23.8 Å². The molecule has 16 heavy (non-hydrogen) atoms. The Hall–Kier alpha value is -1.07. The van der Waals surface area contributed by atoms with Crippen LogP contribution in [0.2, 0.25) is 0 Å². The van der Waals surface area contributed by atoms with E-state index in [-0.39, 0.29) is 6.04 Å². The van der Waals surface area contributed by atoms with E-state index in [4.69, 9.17) is 0 Å². The van der Waals surface area contributed by atoms with Crippen molar-refractivity contribution in [2.75, 3.05) is 18.4 Å². The Morgan fingerprint density at radius 2 is 2.12 bits per heavy atom. The van der Waals surface area contributed by atoms with Gasteiger partial charge in [0, 0.05) is 19.1 Å². The molecule has 1 fully saturated rings. The topological polar surface area (TPSA) is 49.4 Å². The van der Waals surface area contributed by atoms with E-state index in [9.17, 15) is 8.42 Å². The van der Waals surface area contributed by atoms with Crippen LogP contribution in [0.1, 0.15) is 12.8 Å². The summed E-state index contributed by atoms with van der Waals surface area (Å²) in [6, 6.07) is 7.26. The van der Waals surface area contributed by atoms with Crippen LogP contribution in [0, 0.1) is 0 Å². The van der Waals surface area contributed by atoms with Gasteiger partial charge >= 0.3 is 0 Å². The molecule has 0 aromatic heterocycles. The predicted octanol–water partition coefficient (Wildman–Crippen LogP) is 1.27. The van der Waals surface area contributed by atoms with Gasteiger partial charge in [-0.2, -0.15) is 4.31 Å². The van der Waals surface area contributed by atoms with Crippen molar-refractivity contribution in [1.82, 2.24) is 4.31 Å². The highest BCUT2D eigenvalue weighted by Crippen LogP contribution is 2.33. The number of hydrogen-bond acceptors (Lipinski definition) is 3. The molecule has 0 amide bonds. The number of para-hydroxylation sites is 1. The second kappa shape index (κ2) is 3.46. The van der Waals surface area contributed by atoms with Gasteiger partial charge in [0.2, 0.25) is 10.0 Å². The molecule has 0 aliphatic carbocycles. The number of anilines is 1. The van der Waals surface area contributed by atoms with Crippen molar-refractivity contribution in [2.24, 2.45) is 0 Å². The van der Waals surface area contributed by atoms with E-state index in [2.05, 4.69) is 5.32 Å². The molecule has 1 aromatic carbocycles. The maximum atomic E-state index is 12.4. The quantitative estimate of drug-likeness (QED) is 0.740. The van der Waals surface area contributed by atoms with Gasteiger partial charge in [-0.15, -0.1) is 0 Å². The highest BCUT2D eigenvalue weighted by molar-refractivity contribution is 7.89. The van der Waals surface area contributed by atoms with Gasteiger partial charge < -0.3 is 5.32 Å². The molecule has 2 aliphatic rings. The maximum absolute atomic E-state index is 12.4. The fourth-order valence-corrected chi connectivity index (χ4v) is 4.38. The molecule has 2 aliphatic heterocycles. The van der Waals surface area contributed by atoms with E-state index in [0.29, 0.717) is 11.4 Å². The Labute approximate surface area is 95.3 Å². The zero-order valence-corrected chi connectivity index (χ0v) is 9.70.